The normalized spacial score (nSPS) is 11.4. The van der Waals surface area contributed by atoms with Crippen molar-refractivity contribution in [2.75, 3.05) is 18.5 Å². The molecule has 0 aliphatic carbocycles. The quantitative estimate of drug-likeness (QED) is 0.555. The zero-order valence-corrected chi connectivity index (χ0v) is 15.4. The highest BCUT2D eigenvalue weighted by Crippen LogP contribution is 2.26. The number of amides is 1. The summed E-state index contributed by atoms with van der Waals surface area (Å²) in [5.41, 5.74) is 1.51. The van der Waals surface area contributed by atoms with Crippen LogP contribution in [-0.4, -0.2) is 35.5 Å². The van der Waals surface area contributed by atoms with Crippen LogP contribution in [0, 0.1) is 11.3 Å². The van der Waals surface area contributed by atoms with E-state index in [2.05, 4.69) is 5.32 Å². The highest BCUT2D eigenvalue weighted by atomic mass is 16.6. The van der Waals surface area contributed by atoms with Gasteiger partial charge < -0.3 is 19.7 Å². The van der Waals surface area contributed by atoms with Crippen LogP contribution in [0.25, 0.3) is 0 Å². The number of carboxylic acid groups (broad SMARTS) is 1. The van der Waals surface area contributed by atoms with Crippen LogP contribution in [0.4, 0.5) is 10.5 Å². The summed E-state index contributed by atoms with van der Waals surface area (Å²) in [5, 5.41) is 29.1. The Bertz CT molecular complexity index is 902. The predicted octanol–water partition coefficient (Wildman–Crippen LogP) is 3.25. The average molecular weight is 396 g/mol. The fraction of sp³-hybridized carbons (Fsp3) is 0.190. The Balaban J connectivity index is 2.13. The lowest BCUT2D eigenvalue weighted by Gasteiger charge is -2.18. The molecule has 1 atom stereocenters. The lowest BCUT2D eigenvalue weighted by molar-refractivity contribution is -0.131. The van der Waals surface area contributed by atoms with Crippen molar-refractivity contribution in [1.29, 1.82) is 5.26 Å². The first kappa shape index (κ1) is 21.5. The first-order valence-corrected chi connectivity index (χ1v) is 8.72. The van der Waals surface area contributed by atoms with Gasteiger partial charge in [-0.3, -0.25) is 5.32 Å². The predicted molar refractivity (Wildman–Crippen MR) is 104 cm³/mol. The number of aliphatic hydroxyl groups excluding tert-OH is 1. The Morgan fingerprint density at radius 3 is 2.62 bits per heavy atom. The number of nitrogens with zero attached hydrogens (tertiary/aromatic N) is 1. The number of carboxylic acids is 1. The zero-order chi connectivity index (χ0) is 21.1. The van der Waals surface area contributed by atoms with Gasteiger partial charge in [0.2, 0.25) is 0 Å². The van der Waals surface area contributed by atoms with Crippen molar-refractivity contribution in [2.45, 2.75) is 12.5 Å². The Hall–Kier alpha value is -3.83. The summed E-state index contributed by atoms with van der Waals surface area (Å²) in [6.07, 6.45) is 1.01. The number of benzene rings is 2. The maximum Gasteiger partial charge on any atom is 0.412 e. The van der Waals surface area contributed by atoms with Crippen LogP contribution in [-0.2, 0) is 9.53 Å². The number of carbonyl (C=O) groups excluding carboxylic acids is 1. The van der Waals surface area contributed by atoms with Gasteiger partial charge in [-0.25, -0.2) is 9.59 Å². The van der Waals surface area contributed by atoms with Crippen LogP contribution in [0.1, 0.15) is 23.7 Å². The number of hydrogen-bond donors (Lipinski definition) is 3. The Kier molecular flexibility index (Phi) is 8.23. The lowest BCUT2D eigenvalue weighted by atomic mass is 10.1. The van der Waals surface area contributed by atoms with Crippen LogP contribution >= 0.6 is 0 Å². The summed E-state index contributed by atoms with van der Waals surface area (Å²) in [6.45, 7) is -0.0222. The van der Waals surface area contributed by atoms with Crippen molar-refractivity contribution in [1.82, 2.24) is 0 Å². The van der Waals surface area contributed by atoms with E-state index in [1.54, 1.807) is 48.5 Å². The van der Waals surface area contributed by atoms with E-state index in [0.717, 1.165) is 6.08 Å². The van der Waals surface area contributed by atoms with Gasteiger partial charge in [0.15, 0.2) is 0 Å². The molecule has 0 heterocycles. The third-order valence-electron chi connectivity index (χ3n) is 3.71. The fourth-order valence-electron chi connectivity index (χ4n) is 2.42. The monoisotopic (exact) mass is 396 g/mol. The summed E-state index contributed by atoms with van der Waals surface area (Å²) in [5.74, 6) is -0.620. The minimum Gasteiger partial charge on any atom is -0.491 e. The highest BCUT2D eigenvalue weighted by molar-refractivity contribution is 5.84. The van der Waals surface area contributed by atoms with E-state index in [9.17, 15) is 9.59 Å². The van der Waals surface area contributed by atoms with Gasteiger partial charge in [-0.05, 0) is 42.0 Å². The van der Waals surface area contributed by atoms with E-state index in [4.69, 9.17) is 24.9 Å². The molecule has 3 N–H and O–H groups in total. The number of nitrogens with one attached hydrogen (secondary N) is 1. The number of carbonyl (C=O) groups is 2. The summed E-state index contributed by atoms with van der Waals surface area (Å²) >= 11 is 0. The third-order valence-corrected chi connectivity index (χ3v) is 3.71. The highest BCUT2D eigenvalue weighted by Gasteiger charge is 2.17. The van der Waals surface area contributed by atoms with Gasteiger partial charge >= 0.3 is 12.1 Å². The molecule has 2 aromatic carbocycles. The largest absolute Gasteiger partial charge is 0.491 e. The molecule has 0 bridgehead atoms. The van der Waals surface area contributed by atoms with Crippen LogP contribution < -0.4 is 10.1 Å². The number of aliphatic carboxylic acids is 1. The van der Waals surface area contributed by atoms with E-state index < -0.39 is 18.2 Å². The van der Waals surface area contributed by atoms with Crippen LogP contribution in [0.2, 0.25) is 0 Å². The van der Waals surface area contributed by atoms with Crippen molar-refractivity contribution in [3.8, 4) is 11.8 Å². The average Bonchev–Trinajstić information content (AvgIpc) is 2.72. The third kappa shape index (κ3) is 7.36. The van der Waals surface area contributed by atoms with Crippen LogP contribution in [0.3, 0.4) is 0 Å². The van der Waals surface area contributed by atoms with Crippen molar-refractivity contribution < 1.29 is 29.3 Å². The molecule has 0 fully saturated rings. The maximum absolute atomic E-state index is 12.3. The van der Waals surface area contributed by atoms with Gasteiger partial charge in [0.05, 0.1) is 18.2 Å². The van der Waals surface area contributed by atoms with Gasteiger partial charge in [-0.1, -0.05) is 18.2 Å². The molecule has 0 saturated heterocycles. The van der Waals surface area contributed by atoms with Gasteiger partial charge in [0.1, 0.15) is 18.5 Å². The summed E-state index contributed by atoms with van der Waals surface area (Å²) < 4.78 is 10.8. The van der Waals surface area contributed by atoms with E-state index in [0.29, 0.717) is 22.6 Å². The van der Waals surface area contributed by atoms with Crippen molar-refractivity contribution >= 4 is 17.7 Å². The molecular formula is C21H20N2O6. The number of aliphatic hydroxyl groups is 1. The minimum atomic E-state index is -1.11. The van der Waals surface area contributed by atoms with E-state index >= 15 is 0 Å². The molecule has 29 heavy (non-hydrogen) atoms. The molecule has 2 rings (SSSR count). The first-order valence-electron chi connectivity index (χ1n) is 8.72. The van der Waals surface area contributed by atoms with E-state index in [-0.39, 0.29) is 19.6 Å². The second-order valence-electron chi connectivity index (χ2n) is 5.83. The molecule has 0 aromatic heterocycles. The second-order valence-corrected chi connectivity index (χ2v) is 5.83. The van der Waals surface area contributed by atoms with Crippen LogP contribution in [0.5, 0.6) is 5.75 Å². The van der Waals surface area contributed by atoms with Gasteiger partial charge in [0, 0.05) is 18.2 Å². The minimum absolute atomic E-state index is 0.118. The van der Waals surface area contributed by atoms with E-state index in [1.165, 1.54) is 6.08 Å². The van der Waals surface area contributed by atoms with Gasteiger partial charge in [0.25, 0.3) is 0 Å². The Morgan fingerprint density at radius 2 is 1.97 bits per heavy atom. The standard InChI is InChI=1S/C21H20N2O6/c22-14-15-7-9-17(10-8-15)23-21(27)29-19(5-2-6-20(25)26)16-3-1-4-18(13-16)28-12-11-24/h1-4,6-10,13,19,24H,5,11-12H2,(H,23,27)(H,25,26)/b6-2+/t19-/m1/s1. The topological polar surface area (TPSA) is 129 Å². The number of rotatable bonds is 9. The SMILES string of the molecule is N#Cc1ccc(NC(=O)O[C@H](C/C=C/C(=O)O)c2cccc(OCCO)c2)cc1. The maximum atomic E-state index is 12.3. The summed E-state index contributed by atoms with van der Waals surface area (Å²) in [4.78, 5) is 23.0. The molecule has 0 saturated carbocycles. The zero-order valence-electron chi connectivity index (χ0n) is 15.4. The molecular weight excluding hydrogens is 376 g/mol. The molecule has 8 heteroatoms. The number of anilines is 1. The fourth-order valence-corrected chi connectivity index (χ4v) is 2.42. The van der Waals surface area contributed by atoms with Gasteiger partial charge in [-0.15, -0.1) is 0 Å². The molecule has 2 aromatic rings. The molecule has 150 valence electrons. The number of nitriles is 1. The smallest absolute Gasteiger partial charge is 0.412 e. The Morgan fingerprint density at radius 1 is 1.21 bits per heavy atom. The van der Waals surface area contributed by atoms with Gasteiger partial charge in [-0.2, -0.15) is 5.26 Å². The van der Waals surface area contributed by atoms with E-state index in [1.807, 2.05) is 6.07 Å². The first-order chi connectivity index (χ1) is 14.0. The second kappa shape index (κ2) is 11.1. The summed E-state index contributed by atoms with van der Waals surface area (Å²) in [6, 6.07) is 15.0. The van der Waals surface area contributed by atoms with Crippen molar-refractivity contribution in [2.24, 2.45) is 0 Å². The lowest BCUT2D eigenvalue weighted by Crippen LogP contribution is -2.17. The number of hydrogen-bond acceptors (Lipinski definition) is 6. The van der Waals surface area contributed by atoms with Crippen molar-refractivity contribution in [3.05, 3.63) is 71.8 Å². The molecule has 8 nitrogen and oxygen atoms in total. The molecule has 0 aliphatic heterocycles. The molecule has 0 spiro atoms. The summed E-state index contributed by atoms with van der Waals surface area (Å²) in [7, 11) is 0. The molecule has 1 amide bonds. The van der Waals surface area contributed by atoms with Crippen LogP contribution in [0.15, 0.2) is 60.7 Å². The number of ether oxygens (including phenoxy) is 2. The Labute approximate surface area is 167 Å². The van der Waals surface area contributed by atoms with Crippen molar-refractivity contribution in [3.63, 3.8) is 0 Å². The molecule has 0 aliphatic rings. The molecule has 0 radical (unpaired) electrons. The molecule has 0 unspecified atom stereocenters.